The van der Waals surface area contributed by atoms with Crippen molar-refractivity contribution in [2.45, 2.75) is 89.5 Å². The third-order valence-electron chi connectivity index (χ3n) is 4.51. The predicted molar refractivity (Wildman–Crippen MR) is 111 cm³/mol. The van der Waals surface area contributed by atoms with Crippen LogP contribution in [0.5, 0.6) is 0 Å². The van der Waals surface area contributed by atoms with Gasteiger partial charge in [-0.15, -0.1) is 0 Å². The lowest BCUT2D eigenvalue weighted by Gasteiger charge is -2.24. The van der Waals surface area contributed by atoms with E-state index in [1.165, 1.54) is 57.8 Å². The molecule has 0 aromatic heterocycles. The maximum absolute atomic E-state index is 9.06. The molecule has 0 aliphatic heterocycles. The van der Waals surface area contributed by atoms with Crippen LogP contribution in [0.15, 0.2) is 24.3 Å². The number of ether oxygens (including phenoxy) is 1. The van der Waals surface area contributed by atoms with E-state index in [-0.39, 0.29) is 19.8 Å². The molecule has 0 aromatic rings. The molecule has 26 heavy (non-hydrogen) atoms. The van der Waals surface area contributed by atoms with E-state index < -0.39 is 5.54 Å². The number of rotatable bonds is 19. The molecule has 0 aliphatic rings. The number of hydrogen-bond acceptors (Lipinski definition) is 4. The van der Waals surface area contributed by atoms with Crippen molar-refractivity contribution in [3.8, 4) is 0 Å². The van der Waals surface area contributed by atoms with E-state index in [4.69, 9.17) is 20.7 Å². The molecule has 0 saturated heterocycles. The summed E-state index contributed by atoms with van der Waals surface area (Å²) in [5.41, 5.74) is 4.73. The average molecular weight is 370 g/mol. The third kappa shape index (κ3) is 16.8. The van der Waals surface area contributed by atoms with Gasteiger partial charge in [0.2, 0.25) is 0 Å². The Kier molecular flexibility index (Phi) is 18.6. The van der Waals surface area contributed by atoms with Crippen LogP contribution in [0.1, 0.15) is 84.0 Å². The minimum Gasteiger partial charge on any atom is -0.394 e. The van der Waals surface area contributed by atoms with Gasteiger partial charge in [-0.25, -0.2) is 0 Å². The lowest BCUT2D eigenvalue weighted by atomic mass is 10.1. The van der Waals surface area contributed by atoms with Crippen LogP contribution >= 0.6 is 0 Å². The molecular formula is C22H43NO3. The third-order valence-corrected chi connectivity index (χ3v) is 4.51. The van der Waals surface area contributed by atoms with Crippen LogP contribution in [-0.2, 0) is 4.74 Å². The highest BCUT2D eigenvalue weighted by Gasteiger charge is 2.22. The Labute approximate surface area is 161 Å². The molecule has 154 valence electrons. The van der Waals surface area contributed by atoms with Gasteiger partial charge in [-0.1, -0.05) is 69.8 Å². The lowest BCUT2D eigenvalue weighted by Crippen LogP contribution is -2.51. The van der Waals surface area contributed by atoms with Crippen molar-refractivity contribution in [3.63, 3.8) is 0 Å². The average Bonchev–Trinajstić information content (AvgIpc) is 2.66. The van der Waals surface area contributed by atoms with Crippen molar-refractivity contribution in [2.24, 2.45) is 5.73 Å². The molecule has 0 spiro atoms. The van der Waals surface area contributed by atoms with Gasteiger partial charge in [0.25, 0.3) is 0 Å². The summed E-state index contributed by atoms with van der Waals surface area (Å²) >= 11 is 0. The lowest BCUT2D eigenvalue weighted by molar-refractivity contribution is 0.0238. The number of aliphatic hydroxyl groups is 2. The van der Waals surface area contributed by atoms with Crippen LogP contribution < -0.4 is 5.73 Å². The van der Waals surface area contributed by atoms with Crippen LogP contribution in [-0.4, -0.2) is 42.2 Å². The molecule has 0 aliphatic carbocycles. The van der Waals surface area contributed by atoms with Gasteiger partial charge < -0.3 is 20.7 Å². The van der Waals surface area contributed by atoms with E-state index >= 15 is 0 Å². The predicted octanol–water partition coefficient (Wildman–Crippen LogP) is 4.50. The van der Waals surface area contributed by atoms with E-state index in [1.807, 2.05) is 0 Å². The molecule has 0 amide bonds. The van der Waals surface area contributed by atoms with Crippen molar-refractivity contribution in [1.82, 2.24) is 0 Å². The van der Waals surface area contributed by atoms with E-state index in [1.54, 1.807) is 0 Å². The van der Waals surface area contributed by atoms with E-state index in [0.717, 1.165) is 19.3 Å². The zero-order chi connectivity index (χ0) is 19.3. The second kappa shape index (κ2) is 19.1. The standard InChI is InChI=1S/C22H43NO3/c1-2-3-4-5-6-7-8-9-10-11-12-13-14-15-16-17-18-26-21-22(23,19-24)20-25/h6-7,9-10,24-25H,2-5,8,11-21,23H2,1H3/b7-6+,10-9-. The van der Waals surface area contributed by atoms with Gasteiger partial charge in [-0.05, 0) is 38.5 Å². The Bertz CT molecular complexity index is 338. The number of hydrogen-bond donors (Lipinski definition) is 3. The van der Waals surface area contributed by atoms with Crippen LogP contribution in [0, 0.1) is 0 Å². The molecule has 0 heterocycles. The summed E-state index contributed by atoms with van der Waals surface area (Å²) in [6, 6.07) is 0. The zero-order valence-electron chi connectivity index (χ0n) is 17.0. The molecule has 0 bridgehead atoms. The Morgan fingerprint density at radius 3 is 1.88 bits per heavy atom. The molecule has 0 aromatic carbocycles. The zero-order valence-corrected chi connectivity index (χ0v) is 17.0. The van der Waals surface area contributed by atoms with Gasteiger partial charge in [0.1, 0.15) is 0 Å². The topological polar surface area (TPSA) is 75.7 Å². The summed E-state index contributed by atoms with van der Waals surface area (Å²) in [5, 5.41) is 18.1. The quantitative estimate of drug-likeness (QED) is 0.231. The summed E-state index contributed by atoms with van der Waals surface area (Å²) < 4.78 is 5.44. The summed E-state index contributed by atoms with van der Waals surface area (Å²) in [6.07, 6.45) is 23.9. The van der Waals surface area contributed by atoms with Crippen LogP contribution in [0.25, 0.3) is 0 Å². The maximum atomic E-state index is 9.06. The summed E-state index contributed by atoms with van der Waals surface area (Å²) in [7, 11) is 0. The largest absolute Gasteiger partial charge is 0.394 e. The van der Waals surface area contributed by atoms with Gasteiger partial charge in [0, 0.05) is 6.61 Å². The molecule has 0 unspecified atom stereocenters. The molecule has 4 heteroatoms. The molecule has 0 radical (unpaired) electrons. The minimum absolute atomic E-state index is 0.209. The Balaban J connectivity index is 3.27. The van der Waals surface area contributed by atoms with Crippen molar-refractivity contribution >= 4 is 0 Å². The normalized spacial score (nSPS) is 12.6. The monoisotopic (exact) mass is 369 g/mol. The number of aliphatic hydroxyl groups excluding tert-OH is 2. The Hall–Kier alpha value is -0.680. The molecular weight excluding hydrogens is 326 g/mol. The first-order valence-electron chi connectivity index (χ1n) is 10.6. The first kappa shape index (κ1) is 25.3. The van der Waals surface area contributed by atoms with Crippen molar-refractivity contribution in [3.05, 3.63) is 24.3 Å². The first-order chi connectivity index (χ1) is 12.7. The fraction of sp³-hybridized carbons (Fsp3) is 0.818. The van der Waals surface area contributed by atoms with E-state index in [9.17, 15) is 0 Å². The molecule has 0 fully saturated rings. The second-order valence-corrected chi connectivity index (χ2v) is 7.32. The van der Waals surface area contributed by atoms with Gasteiger partial charge in [-0.2, -0.15) is 0 Å². The fourth-order valence-electron chi connectivity index (χ4n) is 2.61. The minimum atomic E-state index is -1.00. The number of nitrogens with two attached hydrogens (primary N) is 1. The number of allylic oxidation sites excluding steroid dienone is 4. The van der Waals surface area contributed by atoms with Gasteiger partial charge >= 0.3 is 0 Å². The number of unbranched alkanes of at least 4 members (excludes halogenated alkanes) is 9. The smallest absolute Gasteiger partial charge is 0.0859 e. The molecule has 0 atom stereocenters. The molecule has 4 N–H and O–H groups in total. The van der Waals surface area contributed by atoms with Crippen molar-refractivity contribution in [2.75, 3.05) is 26.4 Å². The molecule has 0 rings (SSSR count). The summed E-state index contributed by atoms with van der Waals surface area (Å²) in [6.45, 7) is 2.58. The fourth-order valence-corrected chi connectivity index (χ4v) is 2.61. The van der Waals surface area contributed by atoms with Gasteiger partial charge in [0.05, 0.1) is 25.4 Å². The Morgan fingerprint density at radius 2 is 1.31 bits per heavy atom. The van der Waals surface area contributed by atoms with Gasteiger partial charge in [-0.3, -0.25) is 0 Å². The first-order valence-corrected chi connectivity index (χ1v) is 10.6. The maximum Gasteiger partial charge on any atom is 0.0859 e. The summed E-state index contributed by atoms with van der Waals surface area (Å²) in [5.74, 6) is 0. The van der Waals surface area contributed by atoms with E-state index in [0.29, 0.717) is 6.61 Å². The van der Waals surface area contributed by atoms with Crippen LogP contribution in [0.4, 0.5) is 0 Å². The van der Waals surface area contributed by atoms with Crippen LogP contribution in [0.3, 0.4) is 0 Å². The van der Waals surface area contributed by atoms with Crippen molar-refractivity contribution in [1.29, 1.82) is 0 Å². The highest BCUT2D eigenvalue weighted by Crippen LogP contribution is 2.09. The van der Waals surface area contributed by atoms with Crippen LogP contribution in [0.2, 0.25) is 0 Å². The highest BCUT2D eigenvalue weighted by atomic mass is 16.5. The second-order valence-electron chi connectivity index (χ2n) is 7.32. The van der Waals surface area contributed by atoms with Gasteiger partial charge in [0.15, 0.2) is 0 Å². The van der Waals surface area contributed by atoms with E-state index in [2.05, 4.69) is 31.2 Å². The summed E-state index contributed by atoms with van der Waals surface area (Å²) in [4.78, 5) is 0. The SMILES string of the molecule is CCCCC/C=C/C/C=C\CCCCCCCCOCC(N)(CO)CO. The molecule has 4 nitrogen and oxygen atoms in total. The highest BCUT2D eigenvalue weighted by molar-refractivity contribution is 4.92. The molecule has 0 saturated carbocycles. The van der Waals surface area contributed by atoms with Crippen molar-refractivity contribution < 1.29 is 14.9 Å². The Morgan fingerprint density at radius 1 is 0.769 bits per heavy atom.